The molecule has 0 radical (unpaired) electrons. The largest absolute Gasteiger partial charge is 0.325 e. The van der Waals surface area contributed by atoms with E-state index in [9.17, 15) is 0 Å². The van der Waals surface area contributed by atoms with Crippen LogP contribution in [0.1, 0.15) is 32.2 Å². The number of nitrogens with zero attached hydrogens (tertiary/aromatic N) is 3. The van der Waals surface area contributed by atoms with E-state index in [-0.39, 0.29) is 5.41 Å². The van der Waals surface area contributed by atoms with Crippen LogP contribution in [0.2, 0.25) is 0 Å². The molecule has 0 aliphatic heterocycles. The highest BCUT2D eigenvalue weighted by Gasteiger charge is 2.18. The minimum atomic E-state index is 0.0412. The Bertz CT molecular complexity index is 479. The fourth-order valence-electron chi connectivity index (χ4n) is 1.47. The van der Waals surface area contributed by atoms with Crippen molar-refractivity contribution in [1.82, 2.24) is 14.6 Å². The van der Waals surface area contributed by atoms with Crippen LogP contribution in [-0.4, -0.2) is 14.6 Å². The summed E-state index contributed by atoms with van der Waals surface area (Å²) in [5.41, 5.74) is 8.57. The molecule has 2 aromatic rings. The summed E-state index contributed by atoms with van der Waals surface area (Å²) < 4.78 is 1.82. The molecule has 0 bridgehead atoms. The Morgan fingerprint density at radius 1 is 1.40 bits per heavy atom. The normalized spacial score (nSPS) is 12.3. The SMILES string of the molecule is CC(C)(C)c1cc2nccc(CN)n2n1. The van der Waals surface area contributed by atoms with Gasteiger partial charge < -0.3 is 5.73 Å². The molecule has 0 aliphatic rings. The molecule has 0 saturated carbocycles. The topological polar surface area (TPSA) is 56.2 Å². The molecule has 0 atom stereocenters. The Morgan fingerprint density at radius 3 is 2.73 bits per heavy atom. The van der Waals surface area contributed by atoms with Gasteiger partial charge in [-0.05, 0) is 6.07 Å². The van der Waals surface area contributed by atoms with E-state index in [4.69, 9.17) is 5.73 Å². The Hall–Kier alpha value is -1.42. The molecule has 15 heavy (non-hydrogen) atoms. The molecular formula is C11H16N4. The lowest BCUT2D eigenvalue weighted by Gasteiger charge is -2.13. The molecule has 0 fully saturated rings. The molecule has 2 heterocycles. The van der Waals surface area contributed by atoms with Gasteiger partial charge in [-0.1, -0.05) is 20.8 Å². The third-order valence-corrected chi connectivity index (χ3v) is 2.41. The smallest absolute Gasteiger partial charge is 0.155 e. The second-order valence-electron chi connectivity index (χ2n) is 4.69. The molecule has 0 aliphatic carbocycles. The number of hydrogen-bond donors (Lipinski definition) is 1. The lowest BCUT2D eigenvalue weighted by atomic mass is 9.93. The third kappa shape index (κ3) is 1.72. The summed E-state index contributed by atoms with van der Waals surface area (Å²) in [6.45, 7) is 6.88. The maximum Gasteiger partial charge on any atom is 0.155 e. The molecule has 0 spiro atoms. The highest BCUT2D eigenvalue weighted by atomic mass is 15.3. The highest BCUT2D eigenvalue weighted by molar-refractivity contribution is 5.41. The minimum Gasteiger partial charge on any atom is -0.325 e. The van der Waals surface area contributed by atoms with Crippen LogP contribution in [0.5, 0.6) is 0 Å². The molecule has 0 unspecified atom stereocenters. The van der Waals surface area contributed by atoms with Crippen LogP contribution in [0.25, 0.3) is 5.65 Å². The van der Waals surface area contributed by atoms with E-state index >= 15 is 0 Å². The van der Waals surface area contributed by atoms with Gasteiger partial charge in [-0.2, -0.15) is 5.10 Å². The lowest BCUT2D eigenvalue weighted by Crippen LogP contribution is -2.12. The van der Waals surface area contributed by atoms with Crippen LogP contribution < -0.4 is 5.73 Å². The predicted molar refractivity (Wildman–Crippen MR) is 59.6 cm³/mol. The van der Waals surface area contributed by atoms with Crippen molar-refractivity contribution in [3.8, 4) is 0 Å². The highest BCUT2D eigenvalue weighted by Crippen LogP contribution is 2.21. The van der Waals surface area contributed by atoms with Crippen molar-refractivity contribution in [2.24, 2.45) is 5.73 Å². The molecule has 2 N–H and O–H groups in total. The molecule has 0 saturated heterocycles. The molecule has 2 aromatic heterocycles. The number of hydrogen-bond acceptors (Lipinski definition) is 3. The van der Waals surface area contributed by atoms with Crippen molar-refractivity contribution in [3.63, 3.8) is 0 Å². The Morgan fingerprint density at radius 2 is 2.13 bits per heavy atom. The summed E-state index contributed by atoms with van der Waals surface area (Å²) >= 11 is 0. The van der Waals surface area contributed by atoms with Crippen LogP contribution in [0.3, 0.4) is 0 Å². The van der Waals surface area contributed by atoms with Gasteiger partial charge in [0.2, 0.25) is 0 Å². The van der Waals surface area contributed by atoms with Gasteiger partial charge in [0.1, 0.15) is 0 Å². The summed E-state index contributed by atoms with van der Waals surface area (Å²) in [6, 6.07) is 3.91. The minimum absolute atomic E-state index is 0.0412. The van der Waals surface area contributed by atoms with Crippen LogP contribution in [-0.2, 0) is 12.0 Å². The number of rotatable bonds is 1. The average Bonchev–Trinajstić information content (AvgIpc) is 2.59. The van der Waals surface area contributed by atoms with E-state index in [1.54, 1.807) is 6.20 Å². The van der Waals surface area contributed by atoms with Gasteiger partial charge in [-0.3, -0.25) is 0 Å². The van der Waals surface area contributed by atoms with Gasteiger partial charge >= 0.3 is 0 Å². The van der Waals surface area contributed by atoms with Crippen molar-refractivity contribution in [2.45, 2.75) is 32.7 Å². The summed E-state index contributed by atoms with van der Waals surface area (Å²) in [6.07, 6.45) is 1.77. The second kappa shape index (κ2) is 3.31. The van der Waals surface area contributed by atoms with Crippen molar-refractivity contribution in [2.75, 3.05) is 0 Å². The van der Waals surface area contributed by atoms with E-state index in [1.165, 1.54) is 0 Å². The van der Waals surface area contributed by atoms with Gasteiger partial charge in [-0.15, -0.1) is 0 Å². The van der Waals surface area contributed by atoms with Crippen molar-refractivity contribution < 1.29 is 0 Å². The Balaban J connectivity index is 2.65. The maximum atomic E-state index is 5.65. The number of fused-ring (bicyclic) bond motifs is 1. The van der Waals surface area contributed by atoms with Gasteiger partial charge in [0, 0.05) is 24.2 Å². The molecule has 4 nitrogen and oxygen atoms in total. The molecule has 2 rings (SSSR count). The van der Waals surface area contributed by atoms with Crippen LogP contribution in [0, 0.1) is 0 Å². The first-order chi connectivity index (χ1) is 7.02. The van der Waals surface area contributed by atoms with Gasteiger partial charge in [0.25, 0.3) is 0 Å². The molecule has 0 aromatic carbocycles. The fraction of sp³-hybridized carbons (Fsp3) is 0.455. The van der Waals surface area contributed by atoms with Gasteiger partial charge in [-0.25, -0.2) is 9.50 Å². The van der Waals surface area contributed by atoms with Crippen molar-refractivity contribution >= 4 is 5.65 Å². The van der Waals surface area contributed by atoms with Gasteiger partial charge in [0.05, 0.1) is 11.4 Å². The van der Waals surface area contributed by atoms with E-state index in [0.29, 0.717) is 6.54 Å². The predicted octanol–water partition coefficient (Wildman–Crippen LogP) is 1.49. The molecule has 80 valence electrons. The average molecular weight is 204 g/mol. The standard InChI is InChI=1S/C11H16N4/c1-11(2,3)9-6-10-13-5-4-8(7-12)15(10)14-9/h4-6H,7,12H2,1-3H3. The third-order valence-electron chi connectivity index (χ3n) is 2.41. The Labute approximate surface area is 89.1 Å². The Kier molecular flexibility index (Phi) is 2.23. The van der Waals surface area contributed by atoms with Gasteiger partial charge in [0.15, 0.2) is 5.65 Å². The zero-order valence-electron chi connectivity index (χ0n) is 9.36. The molecular weight excluding hydrogens is 188 g/mol. The molecule has 4 heteroatoms. The summed E-state index contributed by atoms with van der Waals surface area (Å²) in [5, 5.41) is 4.53. The van der Waals surface area contributed by atoms with E-state index in [2.05, 4.69) is 30.9 Å². The first-order valence-corrected chi connectivity index (χ1v) is 5.06. The monoisotopic (exact) mass is 204 g/mol. The lowest BCUT2D eigenvalue weighted by molar-refractivity contribution is 0.561. The summed E-state index contributed by atoms with van der Waals surface area (Å²) in [7, 11) is 0. The van der Waals surface area contributed by atoms with Crippen LogP contribution in [0.4, 0.5) is 0 Å². The van der Waals surface area contributed by atoms with E-state index in [1.807, 2.05) is 16.6 Å². The van der Waals surface area contributed by atoms with Crippen LogP contribution >= 0.6 is 0 Å². The second-order valence-corrected chi connectivity index (χ2v) is 4.69. The number of nitrogens with two attached hydrogens (primary N) is 1. The zero-order valence-corrected chi connectivity index (χ0v) is 9.36. The number of aromatic nitrogens is 3. The van der Waals surface area contributed by atoms with E-state index in [0.717, 1.165) is 17.0 Å². The first-order valence-electron chi connectivity index (χ1n) is 5.06. The van der Waals surface area contributed by atoms with E-state index < -0.39 is 0 Å². The summed E-state index contributed by atoms with van der Waals surface area (Å²) in [4.78, 5) is 4.27. The fourth-order valence-corrected chi connectivity index (χ4v) is 1.47. The van der Waals surface area contributed by atoms with Crippen molar-refractivity contribution in [3.05, 3.63) is 29.7 Å². The zero-order chi connectivity index (χ0) is 11.1. The maximum absolute atomic E-state index is 5.65. The van der Waals surface area contributed by atoms with Crippen molar-refractivity contribution in [1.29, 1.82) is 0 Å². The molecule has 0 amide bonds. The quantitative estimate of drug-likeness (QED) is 0.765. The van der Waals surface area contributed by atoms with Crippen LogP contribution in [0.15, 0.2) is 18.3 Å². The summed E-state index contributed by atoms with van der Waals surface area (Å²) in [5.74, 6) is 0. The first kappa shape index (κ1) is 10.1.